The van der Waals surface area contributed by atoms with Gasteiger partial charge >= 0.3 is 0 Å². The highest BCUT2D eigenvalue weighted by molar-refractivity contribution is 9.10. The summed E-state index contributed by atoms with van der Waals surface area (Å²) < 4.78 is 1.06. The van der Waals surface area contributed by atoms with Crippen LogP contribution in [0.2, 0.25) is 0 Å². The van der Waals surface area contributed by atoms with Gasteiger partial charge in [0.25, 0.3) is 0 Å². The Morgan fingerprint density at radius 1 is 1.42 bits per heavy atom. The Kier molecular flexibility index (Phi) is 3.77. The zero-order chi connectivity index (χ0) is 8.97. The molecule has 1 atom stereocenters. The van der Waals surface area contributed by atoms with E-state index in [0.29, 0.717) is 0 Å². The minimum atomic E-state index is -0.101. The van der Waals surface area contributed by atoms with Crippen LogP contribution in [0.15, 0.2) is 28.7 Å². The van der Waals surface area contributed by atoms with Gasteiger partial charge in [0, 0.05) is 4.47 Å². The molecule has 0 saturated heterocycles. The number of nitriles is 1. The van der Waals surface area contributed by atoms with Crippen LogP contribution in [0.1, 0.15) is 5.56 Å². The summed E-state index contributed by atoms with van der Waals surface area (Å²) in [5.41, 5.74) is 1.15. The molecule has 0 aliphatic rings. The van der Waals surface area contributed by atoms with Gasteiger partial charge in [-0.1, -0.05) is 50.1 Å². The maximum atomic E-state index is 8.57. The molecule has 0 aromatic heterocycles. The SMILES string of the molecule is N#CC(Br)Cc1ccccc1Br. The van der Waals surface area contributed by atoms with E-state index in [1.165, 1.54) is 0 Å². The van der Waals surface area contributed by atoms with E-state index in [1.807, 2.05) is 24.3 Å². The molecule has 0 radical (unpaired) electrons. The minimum absolute atomic E-state index is 0.101. The summed E-state index contributed by atoms with van der Waals surface area (Å²) in [6.07, 6.45) is 0.734. The number of nitrogens with zero attached hydrogens (tertiary/aromatic N) is 1. The molecule has 0 fully saturated rings. The van der Waals surface area contributed by atoms with E-state index >= 15 is 0 Å². The van der Waals surface area contributed by atoms with Gasteiger partial charge in [-0.2, -0.15) is 5.26 Å². The van der Waals surface area contributed by atoms with Crippen LogP contribution in [0, 0.1) is 11.3 Å². The molecule has 62 valence electrons. The van der Waals surface area contributed by atoms with Crippen molar-refractivity contribution in [1.82, 2.24) is 0 Å². The molecule has 0 bridgehead atoms. The largest absolute Gasteiger partial charge is 0.197 e. The third-order valence-electron chi connectivity index (χ3n) is 1.50. The molecule has 0 amide bonds. The van der Waals surface area contributed by atoms with E-state index in [4.69, 9.17) is 5.26 Å². The first kappa shape index (κ1) is 9.76. The zero-order valence-corrected chi connectivity index (χ0v) is 9.47. The van der Waals surface area contributed by atoms with Gasteiger partial charge in [-0.05, 0) is 18.1 Å². The lowest BCUT2D eigenvalue weighted by molar-refractivity contribution is 1.04. The van der Waals surface area contributed by atoms with Crippen molar-refractivity contribution in [3.63, 3.8) is 0 Å². The highest BCUT2D eigenvalue weighted by Gasteiger charge is 2.05. The highest BCUT2D eigenvalue weighted by Crippen LogP contribution is 2.19. The Labute approximate surface area is 88.7 Å². The molecular weight excluding hydrogens is 282 g/mol. The summed E-state index contributed by atoms with van der Waals surface area (Å²) in [5, 5.41) is 8.57. The number of benzene rings is 1. The van der Waals surface area contributed by atoms with Gasteiger partial charge in [-0.3, -0.25) is 0 Å². The molecular formula is C9H7Br2N. The van der Waals surface area contributed by atoms with Crippen molar-refractivity contribution in [3.05, 3.63) is 34.3 Å². The van der Waals surface area contributed by atoms with Crippen LogP contribution in [-0.4, -0.2) is 4.83 Å². The number of hydrogen-bond acceptors (Lipinski definition) is 1. The monoisotopic (exact) mass is 287 g/mol. The molecule has 1 aromatic rings. The van der Waals surface area contributed by atoms with Crippen LogP contribution in [0.4, 0.5) is 0 Å². The number of rotatable bonds is 2. The third kappa shape index (κ3) is 2.62. The number of hydrogen-bond donors (Lipinski definition) is 0. The maximum absolute atomic E-state index is 8.57. The molecule has 0 N–H and O–H groups in total. The molecule has 0 aliphatic heterocycles. The summed E-state index contributed by atoms with van der Waals surface area (Å²) in [4.78, 5) is -0.101. The Bertz CT molecular complexity index is 304. The fourth-order valence-electron chi connectivity index (χ4n) is 0.903. The Morgan fingerprint density at radius 3 is 2.67 bits per heavy atom. The molecule has 1 nitrogen and oxygen atoms in total. The molecule has 0 saturated carbocycles. The third-order valence-corrected chi connectivity index (χ3v) is 2.80. The summed E-state index contributed by atoms with van der Waals surface area (Å²) >= 11 is 6.69. The average molecular weight is 289 g/mol. The summed E-state index contributed by atoms with van der Waals surface area (Å²) in [5.74, 6) is 0. The Morgan fingerprint density at radius 2 is 2.08 bits per heavy atom. The second kappa shape index (κ2) is 4.64. The first-order valence-electron chi connectivity index (χ1n) is 3.51. The minimum Gasteiger partial charge on any atom is -0.197 e. The van der Waals surface area contributed by atoms with Crippen molar-refractivity contribution in [2.45, 2.75) is 11.2 Å². The standard InChI is InChI=1S/C9H7Br2N/c10-8(6-12)5-7-3-1-2-4-9(7)11/h1-4,8H,5H2. The van der Waals surface area contributed by atoms with Crippen LogP contribution in [0.3, 0.4) is 0 Å². The fourth-order valence-corrected chi connectivity index (χ4v) is 1.70. The molecule has 0 aliphatic carbocycles. The molecule has 1 unspecified atom stereocenters. The fraction of sp³-hybridized carbons (Fsp3) is 0.222. The van der Waals surface area contributed by atoms with Crippen molar-refractivity contribution in [3.8, 4) is 6.07 Å². The van der Waals surface area contributed by atoms with Gasteiger partial charge in [0.2, 0.25) is 0 Å². The van der Waals surface area contributed by atoms with Gasteiger partial charge in [-0.25, -0.2) is 0 Å². The van der Waals surface area contributed by atoms with E-state index in [-0.39, 0.29) is 4.83 Å². The first-order chi connectivity index (χ1) is 5.74. The Balaban J connectivity index is 2.77. The van der Waals surface area contributed by atoms with Gasteiger partial charge in [0.05, 0.1) is 6.07 Å². The van der Waals surface area contributed by atoms with E-state index in [0.717, 1.165) is 16.5 Å². The van der Waals surface area contributed by atoms with E-state index in [2.05, 4.69) is 37.9 Å². The van der Waals surface area contributed by atoms with Crippen LogP contribution in [0.25, 0.3) is 0 Å². The molecule has 3 heteroatoms. The lowest BCUT2D eigenvalue weighted by Crippen LogP contribution is -1.99. The first-order valence-corrected chi connectivity index (χ1v) is 5.22. The molecule has 1 rings (SSSR count). The van der Waals surface area contributed by atoms with Crippen molar-refractivity contribution in [2.75, 3.05) is 0 Å². The van der Waals surface area contributed by atoms with Crippen LogP contribution in [-0.2, 0) is 6.42 Å². The summed E-state index contributed by atoms with van der Waals surface area (Å²) in [6.45, 7) is 0. The van der Waals surface area contributed by atoms with Crippen molar-refractivity contribution >= 4 is 31.9 Å². The lowest BCUT2D eigenvalue weighted by atomic mass is 10.1. The normalized spacial score (nSPS) is 12.1. The predicted octanol–water partition coefficient (Wildman–Crippen LogP) is 3.28. The van der Waals surface area contributed by atoms with Crippen molar-refractivity contribution in [1.29, 1.82) is 5.26 Å². The van der Waals surface area contributed by atoms with Crippen LogP contribution in [0.5, 0.6) is 0 Å². The second-order valence-corrected chi connectivity index (χ2v) is 4.35. The second-order valence-electron chi connectivity index (χ2n) is 2.39. The smallest absolute Gasteiger partial charge is 0.105 e. The van der Waals surface area contributed by atoms with Crippen LogP contribution < -0.4 is 0 Å². The average Bonchev–Trinajstić information content (AvgIpc) is 2.09. The van der Waals surface area contributed by atoms with Gasteiger partial charge in [0.1, 0.15) is 4.83 Å². The topological polar surface area (TPSA) is 23.8 Å². The summed E-state index contributed by atoms with van der Waals surface area (Å²) in [6, 6.07) is 10.1. The van der Waals surface area contributed by atoms with Crippen molar-refractivity contribution in [2.24, 2.45) is 0 Å². The van der Waals surface area contributed by atoms with Crippen LogP contribution >= 0.6 is 31.9 Å². The quantitative estimate of drug-likeness (QED) is 0.766. The van der Waals surface area contributed by atoms with Crippen molar-refractivity contribution < 1.29 is 0 Å². The molecule has 1 aromatic carbocycles. The predicted molar refractivity (Wildman–Crippen MR) is 56.2 cm³/mol. The molecule has 0 spiro atoms. The number of alkyl halides is 1. The van der Waals surface area contributed by atoms with E-state index in [1.54, 1.807) is 0 Å². The van der Waals surface area contributed by atoms with Gasteiger partial charge in [0.15, 0.2) is 0 Å². The number of halogens is 2. The highest BCUT2D eigenvalue weighted by atomic mass is 79.9. The Hall–Kier alpha value is -0.330. The van der Waals surface area contributed by atoms with Gasteiger partial charge in [-0.15, -0.1) is 0 Å². The van der Waals surface area contributed by atoms with E-state index < -0.39 is 0 Å². The molecule has 0 heterocycles. The molecule has 12 heavy (non-hydrogen) atoms. The van der Waals surface area contributed by atoms with E-state index in [9.17, 15) is 0 Å². The summed E-state index contributed by atoms with van der Waals surface area (Å²) in [7, 11) is 0. The van der Waals surface area contributed by atoms with Gasteiger partial charge < -0.3 is 0 Å². The maximum Gasteiger partial charge on any atom is 0.105 e. The zero-order valence-electron chi connectivity index (χ0n) is 6.30. The lowest BCUT2D eigenvalue weighted by Gasteiger charge is -2.03.